The quantitative estimate of drug-likeness (QED) is 0.635. The lowest BCUT2D eigenvalue weighted by Crippen LogP contribution is -2.31. The highest BCUT2D eigenvalue weighted by atomic mass is 127. The molecule has 62 valence electrons. The molecule has 1 unspecified atom stereocenters. The van der Waals surface area contributed by atoms with E-state index in [2.05, 4.69) is 49.7 Å². The Balaban J connectivity index is 2.41. The van der Waals surface area contributed by atoms with Crippen molar-refractivity contribution in [2.45, 2.75) is 13.3 Å². The monoisotopic (exact) mass is 272 g/mol. The summed E-state index contributed by atoms with van der Waals surface area (Å²) in [6.07, 6.45) is 7.86. The van der Waals surface area contributed by atoms with E-state index in [1.54, 1.807) is 0 Å². The van der Waals surface area contributed by atoms with Gasteiger partial charge < -0.3 is 0 Å². The molecule has 0 radical (unpaired) electrons. The Bertz CT molecular complexity index is 459. The van der Waals surface area contributed by atoms with Gasteiger partial charge in [-0.15, -0.1) is 0 Å². The third kappa shape index (κ3) is 0.775. The molecule has 3 heteroatoms. The smallest absolute Gasteiger partial charge is 0.105 e. The van der Waals surface area contributed by atoms with Gasteiger partial charge in [0.2, 0.25) is 0 Å². The number of aromatic nitrogens is 2. The molecule has 0 amide bonds. The number of halogens is 1. The topological polar surface area (TPSA) is 17.8 Å². The van der Waals surface area contributed by atoms with Crippen LogP contribution < -0.4 is 10.7 Å². The van der Waals surface area contributed by atoms with Gasteiger partial charge >= 0.3 is 0 Å². The number of imidazole rings is 1. The number of rotatable bonds is 0. The molecule has 0 aromatic carbocycles. The van der Waals surface area contributed by atoms with Crippen LogP contribution in [-0.2, 0) is 0 Å². The maximum absolute atomic E-state index is 4.33. The van der Waals surface area contributed by atoms with Crippen LogP contribution in [0.5, 0.6) is 0 Å². The van der Waals surface area contributed by atoms with Crippen molar-refractivity contribution >= 4 is 35.0 Å². The molecule has 2 atom stereocenters. The van der Waals surface area contributed by atoms with Crippen LogP contribution in [0, 0.1) is 11.3 Å². The van der Waals surface area contributed by atoms with Crippen LogP contribution >= 0.6 is 22.9 Å². The van der Waals surface area contributed by atoms with Gasteiger partial charge in [0.1, 0.15) is 6.33 Å². The first kappa shape index (κ1) is 7.12. The summed E-state index contributed by atoms with van der Waals surface area (Å²) in [6.45, 7) is 2.32. The lowest BCUT2D eigenvalue weighted by atomic mass is 10.0. The summed E-state index contributed by atoms with van der Waals surface area (Å²) in [5, 5.41) is 2.45. The second-order valence-electron chi connectivity index (χ2n) is 3.95. The van der Waals surface area contributed by atoms with Gasteiger partial charge in [-0.2, -0.15) is 0 Å². The molecule has 1 fully saturated rings. The van der Waals surface area contributed by atoms with Crippen molar-refractivity contribution in [1.82, 2.24) is 7.76 Å². The summed E-state index contributed by atoms with van der Waals surface area (Å²) in [7, 11) is 0. The fourth-order valence-electron chi connectivity index (χ4n) is 1.95. The molecule has 2 nitrogen and oxygen atoms in total. The number of nitrogens with zero attached hydrogens (tertiary/aromatic N) is 2. The molecule has 2 aliphatic rings. The molecule has 0 N–H and O–H groups in total. The van der Waals surface area contributed by atoms with E-state index < -0.39 is 0 Å². The highest BCUT2D eigenvalue weighted by Crippen LogP contribution is 2.55. The number of hydrogen-bond donors (Lipinski definition) is 0. The van der Waals surface area contributed by atoms with Gasteiger partial charge in [0.15, 0.2) is 0 Å². The molecule has 1 heterocycles. The molecular weight excluding hydrogens is 263 g/mol. The van der Waals surface area contributed by atoms with Crippen molar-refractivity contribution in [3.8, 4) is 0 Å². The highest BCUT2D eigenvalue weighted by molar-refractivity contribution is 14.1. The molecule has 2 aliphatic carbocycles. The van der Waals surface area contributed by atoms with Gasteiger partial charge in [-0.1, -0.05) is 19.1 Å². The zero-order chi connectivity index (χ0) is 8.34. The van der Waals surface area contributed by atoms with E-state index in [1.807, 2.05) is 6.33 Å². The molecular formula is C9H9IN2. The van der Waals surface area contributed by atoms with Gasteiger partial charge in [0.25, 0.3) is 0 Å². The van der Waals surface area contributed by atoms with Gasteiger partial charge in [0.05, 0.1) is 33.6 Å². The fourth-order valence-corrected chi connectivity index (χ4v) is 2.46. The molecule has 0 saturated heterocycles. The fraction of sp³-hybridized carbons (Fsp3) is 0.444. The molecule has 3 rings (SSSR count). The number of fused-ring (bicyclic) bond motifs is 2. The summed E-state index contributed by atoms with van der Waals surface area (Å²) >= 11 is 2.28. The molecule has 0 spiro atoms. The first-order valence-corrected chi connectivity index (χ1v) is 5.10. The van der Waals surface area contributed by atoms with E-state index in [0.29, 0.717) is 5.41 Å². The SMILES string of the molecule is CC12C=c3c(ncn3I)=C[C@H]1C2. The minimum atomic E-state index is 0.454. The van der Waals surface area contributed by atoms with E-state index in [4.69, 9.17) is 0 Å². The van der Waals surface area contributed by atoms with Gasteiger partial charge in [-0.25, -0.2) is 4.98 Å². The zero-order valence-corrected chi connectivity index (χ0v) is 8.95. The van der Waals surface area contributed by atoms with Crippen LogP contribution in [0.4, 0.5) is 0 Å². The summed E-state index contributed by atoms with van der Waals surface area (Å²) in [5.74, 6) is 0.760. The van der Waals surface area contributed by atoms with Crippen LogP contribution in [-0.4, -0.2) is 7.76 Å². The molecule has 1 saturated carbocycles. The Labute approximate surface area is 84.5 Å². The Morgan fingerprint density at radius 1 is 1.75 bits per heavy atom. The maximum atomic E-state index is 4.33. The Hall–Kier alpha value is -0.320. The maximum Gasteiger partial charge on any atom is 0.105 e. The second kappa shape index (κ2) is 1.95. The molecule has 1 aromatic heterocycles. The van der Waals surface area contributed by atoms with E-state index >= 15 is 0 Å². The summed E-state index contributed by atoms with van der Waals surface area (Å²) in [4.78, 5) is 4.33. The zero-order valence-electron chi connectivity index (χ0n) is 6.79. The van der Waals surface area contributed by atoms with Crippen molar-refractivity contribution in [2.75, 3.05) is 0 Å². The Morgan fingerprint density at radius 2 is 2.58 bits per heavy atom. The Morgan fingerprint density at radius 3 is 3.42 bits per heavy atom. The minimum absolute atomic E-state index is 0.454. The van der Waals surface area contributed by atoms with Crippen molar-refractivity contribution < 1.29 is 0 Å². The van der Waals surface area contributed by atoms with Crippen molar-refractivity contribution in [1.29, 1.82) is 0 Å². The van der Waals surface area contributed by atoms with Crippen LogP contribution in [0.25, 0.3) is 12.2 Å². The van der Waals surface area contributed by atoms with Gasteiger partial charge in [0, 0.05) is 0 Å². The van der Waals surface area contributed by atoms with E-state index in [-0.39, 0.29) is 0 Å². The van der Waals surface area contributed by atoms with Crippen molar-refractivity contribution in [2.24, 2.45) is 11.3 Å². The third-order valence-electron chi connectivity index (χ3n) is 2.96. The highest BCUT2D eigenvalue weighted by Gasteiger charge is 2.48. The Kier molecular flexibility index (Phi) is 1.15. The van der Waals surface area contributed by atoms with Crippen LogP contribution in [0.15, 0.2) is 6.33 Å². The van der Waals surface area contributed by atoms with Gasteiger partial charge in [-0.05, 0) is 17.8 Å². The summed E-state index contributed by atoms with van der Waals surface area (Å²) in [6, 6.07) is 0. The summed E-state index contributed by atoms with van der Waals surface area (Å²) < 4.78 is 2.07. The van der Waals surface area contributed by atoms with E-state index in [9.17, 15) is 0 Å². The van der Waals surface area contributed by atoms with E-state index in [0.717, 1.165) is 5.92 Å². The van der Waals surface area contributed by atoms with Crippen LogP contribution in [0.1, 0.15) is 13.3 Å². The van der Waals surface area contributed by atoms with Gasteiger partial charge in [-0.3, -0.25) is 2.78 Å². The van der Waals surface area contributed by atoms with Crippen LogP contribution in [0.3, 0.4) is 0 Å². The molecule has 12 heavy (non-hydrogen) atoms. The predicted molar refractivity (Wildman–Crippen MR) is 56.0 cm³/mol. The number of hydrogen-bond acceptors (Lipinski definition) is 1. The molecule has 1 aromatic rings. The van der Waals surface area contributed by atoms with Crippen molar-refractivity contribution in [3.05, 3.63) is 17.0 Å². The normalized spacial score (nSPS) is 36.0. The second-order valence-corrected chi connectivity index (χ2v) is 4.99. The first-order valence-electron chi connectivity index (χ1n) is 4.13. The molecule has 0 bridgehead atoms. The van der Waals surface area contributed by atoms with Crippen LogP contribution in [0.2, 0.25) is 0 Å². The standard InChI is InChI=1S/C9H9IN2/c1-9-3-6(9)2-7-8(4-9)12(10)5-11-7/h2,4-6H,3H2,1H3/t6-,9?/m0/s1. The lowest BCUT2D eigenvalue weighted by molar-refractivity contribution is 0.745. The first-order chi connectivity index (χ1) is 5.69. The summed E-state index contributed by atoms with van der Waals surface area (Å²) in [5.41, 5.74) is 0.454. The lowest BCUT2D eigenvalue weighted by Gasteiger charge is -2.04. The largest absolute Gasteiger partial charge is 0.271 e. The predicted octanol–water partition coefficient (Wildman–Crippen LogP) is 0.682. The van der Waals surface area contributed by atoms with E-state index in [1.165, 1.54) is 17.1 Å². The van der Waals surface area contributed by atoms with Crippen molar-refractivity contribution in [3.63, 3.8) is 0 Å². The molecule has 0 aliphatic heterocycles. The average molecular weight is 272 g/mol. The third-order valence-corrected chi connectivity index (χ3v) is 3.73. The average Bonchev–Trinajstić information content (AvgIpc) is 2.58. The minimum Gasteiger partial charge on any atom is -0.271 e.